The Hall–Kier alpha value is -2.08. The maximum absolute atomic E-state index is 12.0. The van der Waals surface area contributed by atoms with Crippen molar-refractivity contribution in [2.45, 2.75) is 31.3 Å². The summed E-state index contributed by atoms with van der Waals surface area (Å²) in [5.74, 6) is -0.441. The van der Waals surface area contributed by atoms with Crippen molar-refractivity contribution in [3.8, 4) is 5.75 Å². The fourth-order valence-electron chi connectivity index (χ4n) is 3.35. The Morgan fingerprint density at radius 2 is 1.65 bits per heavy atom. The number of esters is 2. The molecule has 0 atom stereocenters. The molecule has 1 N–H and O–H groups in total. The summed E-state index contributed by atoms with van der Waals surface area (Å²) in [6.07, 6.45) is 3.62. The van der Waals surface area contributed by atoms with Crippen molar-refractivity contribution in [3.63, 3.8) is 0 Å². The van der Waals surface area contributed by atoms with Crippen molar-refractivity contribution in [2.75, 3.05) is 27.3 Å². The monoisotopic (exact) mass is 319 g/mol. The van der Waals surface area contributed by atoms with E-state index >= 15 is 0 Å². The highest BCUT2D eigenvalue weighted by molar-refractivity contribution is 6.03. The first kappa shape index (κ1) is 15.8. The van der Waals surface area contributed by atoms with Gasteiger partial charge in [-0.15, -0.1) is 0 Å². The van der Waals surface area contributed by atoms with Crippen molar-refractivity contribution in [1.82, 2.24) is 5.32 Å². The van der Waals surface area contributed by atoms with E-state index in [2.05, 4.69) is 5.32 Å². The Kier molecular flexibility index (Phi) is 4.26. The van der Waals surface area contributed by atoms with E-state index in [-0.39, 0.29) is 16.7 Å². The third kappa shape index (κ3) is 2.91. The Bertz CT molecular complexity index is 634. The molecule has 3 rings (SSSR count). The number of methoxy groups -OCH3 is 2. The van der Waals surface area contributed by atoms with Gasteiger partial charge in [-0.2, -0.15) is 0 Å². The Morgan fingerprint density at radius 3 is 2.26 bits per heavy atom. The summed E-state index contributed by atoms with van der Waals surface area (Å²) in [7, 11) is 2.58. The van der Waals surface area contributed by atoms with E-state index in [9.17, 15) is 9.59 Å². The summed E-state index contributed by atoms with van der Waals surface area (Å²) < 4.78 is 15.8. The average molecular weight is 319 g/mol. The number of piperidine rings is 1. The van der Waals surface area contributed by atoms with Gasteiger partial charge in [0, 0.05) is 0 Å². The molecule has 0 bridgehead atoms. The predicted octanol–water partition coefficient (Wildman–Crippen LogP) is 1.71. The lowest BCUT2D eigenvalue weighted by Gasteiger charge is -2.41. The second kappa shape index (κ2) is 6.20. The minimum absolute atomic E-state index is 0.168. The maximum Gasteiger partial charge on any atom is 0.338 e. The molecule has 124 valence electrons. The maximum atomic E-state index is 12.0. The van der Waals surface area contributed by atoms with Gasteiger partial charge in [-0.1, -0.05) is 0 Å². The SMILES string of the molecule is COC(=O)c1cc2c(cc1C(=O)OC)OC1(CCNCC1)CC2. The number of nitrogens with one attached hydrogen (secondary N) is 1. The molecule has 0 aliphatic carbocycles. The zero-order valence-corrected chi connectivity index (χ0v) is 13.4. The minimum Gasteiger partial charge on any atom is -0.487 e. The number of fused-ring (bicyclic) bond motifs is 1. The number of benzene rings is 1. The fourth-order valence-corrected chi connectivity index (χ4v) is 3.35. The minimum atomic E-state index is -0.568. The van der Waals surface area contributed by atoms with Gasteiger partial charge in [0.25, 0.3) is 0 Å². The van der Waals surface area contributed by atoms with Gasteiger partial charge in [0.2, 0.25) is 0 Å². The lowest BCUT2D eigenvalue weighted by atomic mass is 9.83. The van der Waals surface area contributed by atoms with Crippen molar-refractivity contribution < 1.29 is 23.8 Å². The van der Waals surface area contributed by atoms with Crippen molar-refractivity contribution in [2.24, 2.45) is 0 Å². The molecule has 1 spiro atoms. The van der Waals surface area contributed by atoms with Gasteiger partial charge in [-0.25, -0.2) is 9.59 Å². The van der Waals surface area contributed by atoms with E-state index in [4.69, 9.17) is 14.2 Å². The molecule has 23 heavy (non-hydrogen) atoms. The molecule has 2 heterocycles. The number of hydrogen-bond donors (Lipinski definition) is 1. The molecule has 1 fully saturated rings. The summed E-state index contributed by atoms with van der Waals surface area (Å²) >= 11 is 0. The largest absolute Gasteiger partial charge is 0.487 e. The van der Waals surface area contributed by atoms with Gasteiger partial charge in [0.05, 0.1) is 25.3 Å². The average Bonchev–Trinajstić information content (AvgIpc) is 2.60. The predicted molar refractivity (Wildman–Crippen MR) is 82.9 cm³/mol. The third-order valence-corrected chi connectivity index (χ3v) is 4.70. The topological polar surface area (TPSA) is 73.9 Å². The summed E-state index contributed by atoms with van der Waals surface area (Å²) in [6, 6.07) is 3.32. The van der Waals surface area contributed by atoms with Crippen LogP contribution in [0.2, 0.25) is 0 Å². The molecule has 0 aromatic heterocycles. The van der Waals surface area contributed by atoms with Gasteiger partial charge in [-0.3, -0.25) is 0 Å². The first-order chi connectivity index (χ1) is 11.1. The highest BCUT2D eigenvalue weighted by atomic mass is 16.5. The smallest absolute Gasteiger partial charge is 0.338 e. The quantitative estimate of drug-likeness (QED) is 0.837. The van der Waals surface area contributed by atoms with Crippen molar-refractivity contribution in [3.05, 3.63) is 28.8 Å². The van der Waals surface area contributed by atoms with Crippen LogP contribution < -0.4 is 10.1 Å². The van der Waals surface area contributed by atoms with Crippen LogP contribution in [0.5, 0.6) is 5.75 Å². The molecule has 1 saturated heterocycles. The van der Waals surface area contributed by atoms with Crippen molar-refractivity contribution >= 4 is 11.9 Å². The van der Waals surface area contributed by atoms with Crippen LogP contribution in [-0.2, 0) is 15.9 Å². The normalized spacial score (nSPS) is 18.7. The Labute approximate surface area is 135 Å². The number of rotatable bonds is 2. The van der Waals surface area contributed by atoms with E-state index in [1.807, 2.05) is 0 Å². The molecule has 0 radical (unpaired) electrons. The zero-order chi connectivity index (χ0) is 16.4. The van der Waals surface area contributed by atoms with E-state index < -0.39 is 11.9 Å². The number of ether oxygens (including phenoxy) is 3. The summed E-state index contributed by atoms with van der Waals surface area (Å²) in [5, 5.41) is 3.34. The highest BCUT2D eigenvalue weighted by Crippen LogP contribution is 2.39. The number of carbonyl (C=O) groups excluding carboxylic acids is 2. The van der Waals surface area contributed by atoms with Crippen molar-refractivity contribution in [1.29, 1.82) is 0 Å². The molecule has 1 aromatic carbocycles. The van der Waals surface area contributed by atoms with Gasteiger partial charge in [0.1, 0.15) is 11.4 Å². The highest BCUT2D eigenvalue weighted by Gasteiger charge is 2.38. The number of hydrogen-bond acceptors (Lipinski definition) is 6. The van der Waals surface area contributed by atoms with Gasteiger partial charge < -0.3 is 19.5 Å². The summed E-state index contributed by atoms with van der Waals surface area (Å²) in [4.78, 5) is 24.0. The lowest BCUT2D eigenvalue weighted by molar-refractivity contribution is 0.0166. The molecule has 0 unspecified atom stereocenters. The first-order valence-corrected chi connectivity index (χ1v) is 7.82. The molecule has 2 aliphatic heterocycles. The van der Waals surface area contributed by atoms with Crippen LogP contribution in [0.15, 0.2) is 12.1 Å². The molecular formula is C17H21NO5. The van der Waals surface area contributed by atoms with Crippen LogP contribution in [0, 0.1) is 0 Å². The van der Waals surface area contributed by atoms with Crippen LogP contribution in [0.3, 0.4) is 0 Å². The second-order valence-electron chi connectivity index (χ2n) is 6.02. The first-order valence-electron chi connectivity index (χ1n) is 7.82. The Morgan fingerprint density at radius 1 is 1.04 bits per heavy atom. The van der Waals surface area contributed by atoms with Gasteiger partial charge in [0.15, 0.2) is 0 Å². The summed E-state index contributed by atoms with van der Waals surface area (Å²) in [5.41, 5.74) is 1.17. The molecule has 0 amide bonds. The van der Waals surface area contributed by atoms with E-state index in [1.165, 1.54) is 14.2 Å². The van der Waals surface area contributed by atoms with Crippen LogP contribution in [-0.4, -0.2) is 44.8 Å². The molecule has 6 nitrogen and oxygen atoms in total. The van der Waals surface area contributed by atoms with E-state index in [0.29, 0.717) is 5.75 Å². The van der Waals surface area contributed by atoms with Gasteiger partial charge in [-0.05, 0) is 56.5 Å². The molecular weight excluding hydrogens is 298 g/mol. The number of carbonyl (C=O) groups is 2. The fraction of sp³-hybridized carbons (Fsp3) is 0.529. The molecule has 1 aromatic rings. The molecule has 0 saturated carbocycles. The van der Waals surface area contributed by atoms with Crippen LogP contribution >= 0.6 is 0 Å². The zero-order valence-electron chi connectivity index (χ0n) is 13.4. The summed E-state index contributed by atoms with van der Waals surface area (Å²) in [6.45, 7) is 1.86. The van der Waals surface area contributed by atoms with Crippen LogP contribution in [0.25, 0.3) is 0 Å². The standard InChI is InChI=1S/C17H21NO5/c1-21-15(19)12-9-11-3-4-17(5-7-18-8-6-17)23-14(11)10-13(12)16(20)22-2/h9-10,18H,3-8H2,1-2H3. The van der Waals surface area contributed by atoms with Crippen LogP contribution in [0.1, 0.15) is 45.5 Å². The molecule has 2 aliphatic rings. The third-order valence-electron chi connectivity index (χ3n) is 4.70. The van der Waals surface area contributed by atoms with E-state index in [0.717, 1.165) is 44.3 Å². The van der Waals surface area contributed by atoms with Gasteiger partial charge >= 0.3 is 11.9 Å². The molecule has 6 heteroatoms. The van der Waals surface area contributed by atoms with Crippen LogP contribution in [0.4, 0.5) is 0 Å². The Balaban J connectivity index is 2.00. The second-order valence-corrected chi connectivity index (χ2v) is 6.02. The number of aryl methyl sites for hydroxylation is 1. The van der Waals surface area contributed by atoms with E-state index in [1.54, 1.807) is 12.1 Å². The lowest BCUT2D eigenvalue weighted by Crippen LogP contribution is -2.48.